The third-order valence-electron chi connectivity index (χ3n) is 5.44. The minimum absolute atomic E-state index is 0.208. The molecule has 4 nitrogen and oxygen atoms in total. The van der Waals surface area contributed by atoms with Crippen molar-refractivity contribution >= 4 is 24.1 Å². The summed E-state index contributed by atoms with van der Waals surface area (Å²) >= 11 is 0. The summed E-state index contributed by atoms with van der Waals surface area (Å²) in [6.07, 6.45) is 8.48. The Balaban J connectivity index is 1.74. The van der Waals surface area contributed by atoms with E-state index in [2.05, 4.69) is 35.9 Å². The second kappa shape index (κ2) is 7.05. The van der Waals surface area contributed by atoms with Crippen LogP contribution in [-0.2, 0) is 11.7 Å². The number of allylic oxidation sites excluding steroid dienone is 4. The smallest absolute Gasteiger partial charge is 0.300 e. The van der Waals surface area contributed by atoms with Crippen molar-refractivity contribution in [3.05, 3.63) is 48.3 Å². The van der Waals surface area contributed by atoms with Gasteiger partial charge in [0.05, 0.1) is 22.2 Å². The Morgan fingerprint density at radius 3 is 2.65 bits per heavy atom. The number of hydrogen-bond acceptors (Lipinski definition) is 3. The van der Waals surface area contributed by atoms with Gasteiger partial charge in [-0.1, -0.05) is 30.4 Å². The lowest BCUT2D eigenvalue weighted by atomic mass is 9.75. The number of aryl methyl sites for hydroxylation is 1. The van der Waals surface area contributed by atoms with Crippen LogP contribution in [0.1, 0.15) is 46.4 Å². The Morgan fingerprint density at radius 2 is 1.96 bits per heavy atom. The van der Waals surface area contributed by atoms with Gasteiger partial charge in [-0.2, -0.15) is 0 Å². The number of benzene rings is 1. The van der Waals surface area contributed by atoms with E-state index in [-0.39, 0.29) is 5.82 Å². The topological polar surface area (TPSA) is 47.3 Å². The van der Waals surface area contributed by atoms with E-state index in [0.717, 1.165) is 35.3 Å². The number of hydrogen-bond donors (Lipinski definition) is 1. The first-order valence-electron chi connectivity index (χ1n) is 9.23. The van der Waals surface area contributed by atoms with Crippen LogP contribution in [0.3, 0.4) is 0 Å². The molecule has 1 unspecified atom stereocenters. The summed E-state index contributed by atoms with van der Waals surface area (Å²) in [5.74, 6) is 1.20. The molecule has 3 rings (SSSR count). The molecule has 137 valence electrons. The van der Waals surface area contributed by atoms with Gasteiger partial charge in [0.1, 0.15) is 5.82 Å². The number of imidazole rings is 1. The highest BCUT2D eigenvalue weighted by Crippen LogP contribution is 2.30. The standard InChI is InChI=1S/C21H28BN2O2/c1-20(2,25)21(3,4)26-22-16-10-8-9-15(13-14-16)19-23-17-11-6-7-12-18(17)24(19)5/h6-7,9,11-14,16,25H,8,10H2,1-5H3. The van der Waals surface area contributed by atoms with Crippen LogP contribution in [0.25, 0.3) is 16.6 Å². The Labute approximate surface area is 156 Å². The maximum absolute atomic E-state index is 10.2. The highest BCUT2D eigenvalue weighted by molar-refractivity contribution is 6.30. The molecule has 0 amide bonds. The Morgan fingerprint density at radius 1 is 1.23 bits per heavy atom. The van der Waals surface area contributed by atoms with Crippen molar-refractivity contribution in [2.45, 2.75) is 57.6 Å². The SMILES string of the molecule is Cn1c(C2=CCCC([B]OC(C)(C)C(C)(C)O)C=C2)nc2ccccc21. The molecule has 0 saturated carbocycles. The molecule has 1 heterocycles. The summed E-state index contributed by atoms with van der Waals surface area (Å²) in [6.45, 7) is 7.37. The zero-order chi connectivity index (χ0) is 18.9. The second-order valence-electron chi connectivity index (χ2n) is 8.07. The van der Waals surface area contributed by atoms with Crippen molar-refractivity contribution in [2.24, 2.45) is 7.05 Å². The molecule has 0 aliphatic heterocycles. The quantitative estimate of drug-likeness (QED) is 0.818. The normalized spacial score (nSPS) is 18.7. The fourth-order valence-electron chi connectivity index (χ4n) is 2.91. The molecule has 26 heavy (non-hydrogen) atoms. The Hall–Kier alpha value is -1.85. The molecule has 0 spiro atoms. The van der Waals surface area contributed by atoms with Crippen molar-refractivity contribution in [3.8, 4) is 0 Å². The van der Waals surface area contributed by atoms with E-state index < -0.39 is 11.2 Å². The van der Waals surface area contributed by atoms with E-state index in [9.17, 15) is 5.11 Å². The van der Waals surface area contributed by atoms with E-state index in [1.54, 1.807) is 13.8 Å². The zero-order valence-electron chi connectivity index (χ0n) is 16.4. The van der Waals surface area contributed by atoms with Gasteiger partial charge in [-0.3, -0.25) is 0 Å². The van der Waals surface area contributed by atoms with Crippen LogP contribution in [0.15, 0.2) is 42.5 Å². The van der Waals surface area contributed by atoms with E-state index >= 15 is 0 Å². The minimum atomic E-state index is -0.908. The lowest BCUT2D eigenvalue weighted by Crippen LogP contribution is -2.48. The summed E-state index contributed by atoms with van der Waals surface area (Å²) in [6, 6.07) is 8.19. The van der Waals surface area contributed by atoms with Gasteiger partial charge in [-0.05, 0) is 58.5 Å². The van der Waals surface area contributed by atoms with Gasteiger partial charge in [-0.15, -0.1) is 0 Å². The molecule has 2 aromatic rings. The van der Waals surface area contributed by atoms with Gasteiger partial charge >= 0.3 is 7.48 Å². The summed E-state index contributed by atoms with van der Waals surface area (Å²) < 4.78 is 8.07. The summed E-state index contributed by atoms with van der Waals surface area (Å²) in [7, 11) is 3.92. The van der Waals surface area contributed by atoms with Gasteiger partial charge in [0.15, 0.2) is 0 Å². The van der Waals surface area contributed by atoms with E-state index in [1.165, 1.54) is 0 Å². The van der Waals surface area contributed by atoms with Crippen molar-refractivity contribution in [2.75, 3.05) is 0 Å². The highest BCUT2D eigenvalue weighted by atomic mass is 16.5. The molecule has 1 aliphatic carbocycles. The lowest BCUT2D eigenvalue weighted by Gasteiger charge is -2.38. The van der Waals surface area contributed by atoms with Crippen LogP contribution >= 0.6 is 0 Å². The van der Waals surface area contributed by atoms with Gasteiger partial charge in [-0.25, -0.2) is 4.98 Å². The minimum Gasteiger partial charge on any atom is -0.432 e. The predicted octanol–water partition coefficient (Wildman–Crippen LogP) is 4.28. The van der Waals surface area contributed by atoms with Gasteiger partial charge < -0.3 is 14.3 Å². The molecule has 5 heteroatoms. The molecule has 1 radical (unpaired) electrons. The average Bonchev–Trinajstić information content (AvgIpc) is 2.76. The van der Waals surface area contributed by atoms with Crippen LogP contribution in [0, 0.1) is 0 Å². The molecule has 1 atom stereocenters. The molecular weight excluding hydrogens is 323 g/mol. The summed E-state index contributed by atoms with van der Waals surface area (Å²) in [5, 5.41) is 10.2. The molecule has 0 bridgehead atoms. The largest absolute Gasteiger partial charge is 0.432 e. The fraction of sp³-hybridized carbons (Fsp3) is 0.476. The first kappa shape index (κ1) is 18.9. The number of fused-ring (bicyclic) bond motifs is 1. The predicted molar refractivity (Wildman–Crippen MR) is 108 cm³/mol. The maximum atomic E-state index is 10.2. The molecule has 1 aromatic carbocycles. The zero-order valence-corrected chi connectivity index (χ0v) is 16.4. The number of para-hydroxylation sites is 2. The number of aliphatic hydroxyl groups is 1. The third-order valence-corrected chi connectivity index (χ3v) is 5.44. The van der Waals surface area contributed by atoms with Gasteiger partial charge in [0, 0.05) is 12.6 Å². The second-order valence-corrected chi connectivity index (χ2v) is 8.07. The van der Waals surface area contributed by atoms with E-state index in [0.29, 0.717) is 0 Å². The van der Waals surface area contributed by atoms with Crippen molar-refractivity contribution in [1.82, 2.24) is 9.55 Å². The molecule has 0 saturated heterocycles. The molecule has 1 aliphatic rings. The summed E-state index contributed by atoms with van der Waals surface area (Å²) in [4.78, 5) is 4.79. The molecule has 1 N–H and O–H groups in total. The molecule has 1 aromatic heterocycles. The maximum Gasteiger partial charge on any atom is 0.300 e. The first-order valence-corrected chi connectivity index (χ1v) is 9.23. The van der Waals surface area contributed by atoms with Crippen LogP contribution in [0.4, 0.5) is 0 Å². The average molecular weight is 351 g/mol. The van der Waals surface area contributed by atoms with Crippen LogP contribution in [-0.4, -0.2) is 33.3 Å². The van der Waals surface area contributed by atoms with Crippen LogP contribution in [0.5, 0.6) is 0 Å². The molecular formula is C21H28BN2O2. The van der Waals surface area contributed by atoms with Gasteiger partial charge in [0.25, 0.3) is 0 Å². The van der Waals surface area contributed by atoms with Crippen LogP contribution in [0.2, 0.25) is 5.82 Å². The number of rotatable bonds is 5. The first-order chi connectivity index (χ1) is 12.2. The van der Waals surface area contributed by atoms with E-state index in [1.807, 2.05) is 39.5 Å². The van der Waals surface area contributed by atoms with Gasteiger partial charge in [0.2, 0.25) is 0 Å². The van der Waals surface area contributed by atoms with Crippen molar-refractivity contribution in [3.63, 3.8) is 0 Å². The Kier molecular flexibility index (Phi) is 5.13. The van der Waals surface area contributed by atoms with Crippen molar-refractivity contribution in [1.29, 1.82) is 0 Å². The third kappa shape index (κ3) is 3.79. The summed E-state index contributed by atoms with van der Waals surface area (Å²) in [5.41, 5.74) is 1.75. The van der Waals surface area contributed by atoms with Crippen LogP contribution < -0.4 is 0 Å². The van der Waals surface area contributed by atoms with Crippen molar-refractivity contribution < 1.29 is 9.76 Å². The Bertz CT molecular complexity index is 843. The number of aromatic nitrogens is 2. The lowest BCUT2D eigenvalue weighted by molar-refractivity contribution is -0.0908. The monoisotopic (exact) mass is 351 g/mol. The van der Waals surface area contributed by atoms with E-state index in [4.69, 9.17) is 9.64 Å². The number of nitrogens with zero attached hydrogens (tertiary/aromatic N) is 2. The fourth-order valence-corrected chi connectivity index (χ4v) is 2.91. The highest BCUT2D eigenvalue weighted by Gasteiger charge is 2.36. The molecule has 0 fully saturated rings.